The SMILES string of the molecule is CC(=O)CC(O)(CCc1ccc(C)cc1)C(=O)O. The lowest BCUT2D eigenvalue weighted by atomic mass is 9.90. The van der Waals surface area contributed by atoms with Crippen molar-refractivity contribution in [2.24, 2.45) is 0 Å². The Kier molecular flexibility index (Phi) is 4.62. The van der Waals surface area contributed by atoms with Crippen LogP contribution in [0, 0.1) is 6.92 Å². The summed E-state index contributed by atoms with van der Waals surface area (Å²) in [7, 11) is 0. The van der Waals surface area contributed by atoms with Gasteiger partial charge in [0.1, 0.15) is 5.78 Å². The normalized spacial score (nSPS) is 13.9. The van der Waals surface area contributed by atoms with Gasteiger partial charge in [-0.3, -0.25) is 4.79 Å². The number of carboxylic acid groups (broad SMARTS) is 1. The van der Waals surface area contributed by atoms with E-state index in [0.29, 0.717) is 6.42 Å². The van der Waals surface area contributed by atoms with Crippen molar-refractivity contribution < 1.29 is 19.8 Å². The van der Waals surface area contributed by atoms with Gasteiger partial charge in [-0.2, -0.15) is 0 Å². The third-order valence-electron chi connectivity index (χ3n) is 2.89. The van der Waals surface area contributed by atoms with Gasteiger partial charge in [0.15, 0.2) is 5.60 Å². The largest absolute Gasteiger partial charge is 0.479 e. The van der Waals surface area contributed by atoms with E-state index in [9.17, 15) is 14.7 Å². The minimum Gasteiger partial charge on any atom is -0.479 e. The van der Waals surface area contributed by atoms with Crippen LogP contribution in [0.3, 0.4) is 0 Å². The van der Waals surface area contributed by atoms with Crippen LogP contribution in [0.25, 0.3) is 0 Å². The Morgan fingerprint density at radius 3 is 2.22 bits per heavy atom. The van der Waals surface area contributed by atoms with Gasteiger partial charge in [0.05, 0.1) is 0 Å². The molecule has 0 amide bonds. The molecule has 0 spiro atoms. The third-order valence-corrected chi connectivity index (χ3v) is 2.89. The van der Waals surface area contributed by atoms with Crippen molar-refractivity contribution in [3.8, 4) is 0 Å². The minimum absolute atomic E-state index is 0.0327. The highest BCUT2D eigenvalue weighted by molar-refractivity contribution is 5.86. The van der Waals surface area contributed by atoms with E-state index < -0.39 is 11.6 Å². The van der Waals surface area contributed by atoms with Gasteiger partial charge < -0.3 is 10.2 Å². The molecular formula is C14H18O4. The fraction of sp³-hybridized carbons (Fsp3) is 0.429. The molecule has 0 fully saturated rings. The highest BCUT2D eigenvalue weighted by atomic mass is 16.4. The summed E-state index contributed by atoms with van der Waals surface area (Å²) >= 11 is 0. The average molecular weight is 250 g/mol. The molecule has 0 aliphatic carbocycles. The average Bonchev–Trinajstić information content (AvgIpc) is 2.27. The van der Waals surface area contributed by atoms with Crippen LogP contribution in [0.2, 0.25) is 0 Å². The molecule has 1 unspecified atom stereocenters. The molecule has 4 heteroatoms. The summed E-state index contributed by atoms with van der Waals surface area (Å²) < 4.78 is 0. The Morgan fingerprint density at radius 1 is 1.22 bits per heavy atom. The summed E-state index contributed by atoms with van der Waals surface area (Å²) in [6.45, 7) is 3.24. The first-order chi connectivity index (χ1) is 8.33. The topological polar surface area (TPSA) is 74.6 Å². The van der Waals surface area contributed by atoms with Crippen molar-refractivity contribution in [2.75, 3.05) is 0 Å². The predicted molar refractivity (Wildman–Crippen MR) is 67.4 cm³/mol. The quantitative estimate of drug-likeness (QED) is 0.806. The molecule has 0 saturated heterocycles. The fourth-order valence-corrected chi connectivity index (χ4v) is 1.79. The van der Waals surface area contributed by atoms with Gasteiger partial charge in [0.25, 0.3) is 0 Å². The second-order valence-electron chi connectivity index (χ2n) is 4.70. The number of hydrogen-bond acceptors (Lipinski definition) is 3. The molecule has 0 bridgehead atoms. The van der Waals surface area contributed by atoms with Gasteiger partial charge in [0, 0.05) is 6.42 Å². The van der Waals surface area contributed by atoms with Crippen molar-refractivity contribution in [1.29, 1.82) is 0 Å². The molecule has 0 heterocycles. The van der Waals surface area contributed by atoms with Crippen LogP contribution >= 0.6 is 0 Å². The minimum atomic E-state index is -1.96. The van der Waals surface area contributed by atoms with E-state index in [4.69, 9.17) is 5.11 Å². The van der Waals surface area contributed by atoms with E-state index >= 15 is 0 Å². The Bertz CT molecular complexity index is 436. The van der Waals surface area contributed by atoms with E-state index in [2.05, 4.69) is 0 Å². The Labute approximate surface area is 106 Å². The Hall–Kier alpha value is -1.68. The predicted octanol–water partition coefficient (Wildman–Crippen LogP) is 1.72. The fourth-order valence-electron chi connectivity index (χ4n) is 1.79. The summed E-state index contributed by atoms with van der Waals surface area (Å²) in [5.74, 6) is -1.67. The Morgan fingerprint density at radius 2 is 1.78 bits per heavy atom. The smallest absolute Gasteiger partial charge is 0.336 e. The number of hydrogen-bond donors (Lipinski definition) is 2. The van der Waals surface area contributed by atoms with Crippen LogP contribution in [0.5, 0.6) is 0 Å². The van der Waals surface area contributed by atoms with Crippen LogP contribution in [0.15, 0.2) is 24.3 Å². The first kappa shape index (κ1) is 14.4. The van der Waals surface area contributed by atoms with Gasteiger partial charge in [0.2, 0.25) is 0 Å². The van der Waals surface area contributed by atoms with Crippen molar-refractivity contribution in [3.63, 3.8) is 0 Å². The molecule has 4 nitrogen and oxygen atoms in total. The van der Waals surface area contributed by atoms with Gasteiger partial charge >= 0.3 is 5.97 Å². The molecule has 1 aromatic rings. The molecule has 1 aromatic carbocycles. The van der Waals surface area contributed by atoms with Crippen molar-refractivity contribution in [2.45, 2.75) is 38.7 Å². The van der Waals surface area contributed by atoms with Crippen LogP contribution in [0.1, 0.15) is 30.9 Å². The zero-order valence-corrected chi connectivity index (χ0v) is 10.6. The summed E-state index contributed by atoms with van der Waals surface area (Å²) in [5.41, 5.74) is 0.108. The van der Waals surface area contributed by atoms with E-state index in [0.717, 1.165) is 11.1 Å². The number of ketones is 1. The second kappa shape index (κ2) is 5.78. The number of aliphatic carboxylic acids is 1. The molecule has 98 valence electrons. The lowest BCUT2D eigenvalue weighted by Crippen LogP contribution is -2.40. The first-order valence-electron chi connectivity index (χ1n) is 5.84. The highest BCUT2D eigenvalue weighted by Crippen LogP contribution is 2.19. The summed E-state index contributed by atoms with van der Waals surface area (Å²) in [6, 6.07) is 7.65. The van der Waals surface area contributed by atoms with Crippen molar-refractivity contribution >= 4 is 11.8 Å². The highest BCUT2D eigenvalue weighted by Gasteiger charge is 2.36. The van der Waals surface area contributed by atoms with E-state index in [1.54, 1.807) is 0 Å². The van der Waals surface area contributed by atoms with Crippen LogP contribution in [0.4, 0.5) is 0 Å². The zero-order valence-electron chi connectivity index (χ0n) is 10.6. The number of carboxylic acids is 1. The lowest BCUT2D eigenvalue weighted by Gasteiger charge is -2.22. The maximum atomic E-state index is 11.0. The maximum Gasteiger partial charge on any atom is 0.336 e. The van der Waals surface area contributed by atoms with Crippen LogP contribution in [-0.4, -0.2) is 27.6 Å². The standard InChI is InChI=1S/C14H18O4/c1-10-3-5-12(6-4-10)7-8-14(18,13(16)17)9-11(2)15/h3-6,18H,7-9H2,1-2H3,(H,16,17). The monoisotopic (exact) mass is 250 g/mol. The number of carbonyl (C=O) groups is 2. The number of benzene rings is 1. The summed E-state index contributed by atoms with van der Waals surface area (Å²) in [4.78, 5) is 22.0. The number of rotatable bonds is 6. The van der Waals surface area contributed by atoms with Crippen molar-refractivity contribution in [1.82, 2.24) is 0 Å². The summed E-state index contributed by atoms with van der Waals surface area (Å²) in [5, 5.41) is 19.0. The molecule has 0 saturated carbocycles. The molecular weight excluding hydrogens is 232 g/mol. The van der Waals surface area contributed by atoms with E-state index in [-0.39, 0.29) is 18.6 Å². The molecule has 0 aromatic heterocycles. The molecule has 0 aliphatic rings. The maximum absolute atomic E-state index is 11.0. The molecule has 1 rings (SSSR count). The lowest BCUT2D eigenvalue weighted by molar-refractivity contribution is -0.161. The molecule has 0 aliphatic heterocycles. The molecule has 1 atom stereocenters. The number of Topliss-reactive ketones (excluding diaryl/α,β-unsaturated/α-hetero) is 1. The third kappa shape index (κ3) is 3.96. The zero-order chi connectivity index (χ0) is 13.8. The summed E-state index contributed by atoms with van der Waals surface area (Å²) in [6.07, 6.45) is 0.107. The van der Waals surface area contributed by atoms with E-state index in [1.165, 1.54) is 6.92 Å². The van der Waals surface area contributed by atoms with Gasteiger partial charge in [-0.15, -0.1) is 0 Å². The van der Waals surface area contributed by atoms with Crippen LogP contribution < -0.4 is 0 Å². The van der Waals surface area contributed by atoms with E-state index in [1.807, 2.05) is 31.2 Å². The van der Waals surface area contributed by atoms with Gasteiger partial charge in [-0.05, 0) is 32.3 Å². The number of aryl methyl sites for hydroxylation is 2. The Balaban J connectivity index is 2.71. The second-order valence-corrected chi connectivity index (χ2v) is 4.70. The molecule has 2 N–H and O–H groups in total. The van der Waals surface area contributed by atoms with Crippen molar-refractivity contribution in [3.05, 3.63) is 35.4 Å². The molecule has 0 radical (unpaired) electrons. The number of carbonyl (C=O) groups excluding carboxylic acids is 1. The van der Waals surface area contributed by atoms with Gasteiger partial charge in [-0.1, -0.05) is 29.8 Å². The van der Waals surface area contributed by atoms with Crippen LogP contribution in [-0.2, 0) is 16.0 Å². The molecule has 18 heavy (non-hydrogen) atoms. The first-order valence-corrected chi connectivity index (χ1v) is 5.84. The van der Waals surface area contributed by atoms with Gasteiger partial charge in [-0.25, -0.2) is 4.79 Å². The number of aliphatic hydroxyl groups is 1.